The number of aromatic nitrogens is 2. The van der Waals surface area contributed by atoms with Gasteiger partial charge in [0.15, 0.2) is 5.96 Å². The largest absolute Gasteiger partial charge is 0.370 e. The number of hydrogen-bond acceptors (Lipinski definition) is 2. The molecule has 16 heavy (non-hydrogen) atoms. The van der Waals surface area contributed by atoms with E-state index in [9.17, 15) is 0 Å². The first-order valence-corrected chi connectivity index (χ1v) is 4.53. The number of guanidine groups is 2. The van der Waals surface area contributed by atoms with E-state index in [4.69, 9.17) is 17.2 Å². The third kappa shape index (κ3) is 1.92. The molecule has 0 spiro atoms. The number of benzene rings is 1. The minimum atomic E-state index is -0.134. The summed E-state index contributed by atoms with van der Waals surface area (Å²) in [5.41, 5.74) is 17.5. The average molecular weight is 217 g/mol. The molecule has 0 bridgehead atoms. The molecule has 1 heterocycles. The van der Waals surface area contributed by atoms with Crippen molar-refractivity contribution >= 4 is 23.0 Å². The maximum atomic E-state index is 5.51. The van der Waals surface area contributed by atoms with Crippen LogP contribution in [0.2, 0.25) is 0 Å². The zero-order chi connectivity index (χ0) is 11.5. The Hall–Kier alpha value is -2.57. The van der Waals surface area contributed by atoms with Crippen LogP contribution < -0.4 is 17.2 Å². The summed E-state index contributed by atoms with van der Waals surface area (Å²) in [5, 5.41) is 3.99. The number of nitrogens with two attached hydrogens (primary N) is 3. The van der Waals surface area contributed by atoms with Gasteiger partial charge >= 0.3 is 0 Å². The minimum Gasteiger partial charge on any atom is -0.370 e. The predicted molar refractivity (Wildman–Crippen MR) is 62.6 cm³/mol. The van der Waals surface area contributed by atoms with Gasteiger partial charge < -0.3 is 17.2 Å². The second kappa shape index (κ2) is 3.89. The van der Waals surface area contributed by atoms with Crippen molar-refractivity contribution in [3.8, 4) is 0 Å². The topological polar surface area (TPSA) is 121 Å². The molecule has 82 valence electrons. The zero-order valence-electron chi connectivity index (χ0n) is 8.41. The van der Waals surface area contributed by atoms with Gasteiger partial charge in [-0.2, -0.15) is 4.99 Å². The molecular formula is C9H11N7. The van der Waals surface area contributed by atoms with Gasteiger partial charge in [0.2, 0.25) is 5.96 Å². The maximum absolute atomic E-state index is 5.51. The fraction of sp³-hybridized carbons (Fsp3) is 0. The van der Waals surface area contributed by atoms with Crippen molar-refractivity contribution in [1.82, 2.24) is 9.66 Å². The molecule has 0 fully saturated rings. The van der Waals surface area contributed by atoms with Crippen LogP contribution in [0.3, 0.4) is 0 Å². The molecule has 2 aromatic rings. The van der Waals surface area contributed by atoms with E-state index in [0.717, 1.165) is 11.0 Å². The van der Waals surface area contributed by atoms with Crippen LogP contribution >= 0.6 is 0 Å². The van der Waals surface area contributed by atoms with Crippen molar-refractivity contribution in [3.63, 3.8) is 0 Å². The van der Waals surface area contributed by atoms with E-state index in [1.165, 1.54) is 4.68 Å². The number of imidazole rings is 1. The summed E-state index contributed by atoms with van der Waals surface area (Å²) in [6.45, 7) is 0. The van der Waals surface area contributed by atoms with Crippen molar-refractivity contribution in [2.24, 2.45) is 27.3 Å². The molecule has 0 unspecified atom stereocenters. The molecule has 0 aliphatic rings. The Morgan fingerprint density at radius 2 is 1.94 bits per heavy atom. The lowest BCUT2D eigenvalue weighted by atomic mass is 10.3. The summed E-state index contributed by atoms with van der Waals surface area (Å²) in [5.74, 6) is -0.158. The second-order valence-electron chi connectivity index (χ2n) is 3.07. The minimum absolute atomic E-state index is 0.0249. The highest BCUT2D eigenvalue weighted by atomic mass is 15.4. The number of para-hydroxylation sites is 2. The summed E-state index contributed by atoms with van der Waals surface area (Å²) in [6.07, 6.45) is 1.54. The Morgan fingerprint density at radius 1 is 1.19 bits per heavy atom. The molecule has 0 saturated carbocycles. The first kappa shape index (κ1) is 9.97. The Balaban J connectivity index is 2.45. The number of hydrogen-bond donors (Lipinski definition) is 3. The van der Waals surface area contributed by atoms with E-state index < -0.39 is 0 Å². The quantitative estimate of drug-likeness (QED) is 0.435. The van der Waals surface area contributed by atoms with Crippen LogP contribution in [0.25, 0.3) is 11.0 Å². The molecule has 7 heteroatoms. The molecule has 0 aliphatic carbocycles. The first-order chi connectivity index (χ1) is 7.66. The van der Waals surface area contributed by atoms with Gasteiger partial charge in [0.05, 0.1) is 11.0 Å². The predicted octanol–water partition coefficient (Wildman–Crippen LogP) is -0.612. The molecule has 6 N–H and O–H groups in total. The van der Waals surface area contributed by atoms with Crippen LogP contribution in [-0.2, 0) is 0 Å². The van der Waals surface area contributed by atoms with E-state index in [1.807, 2.05) is 24.3 Å². The molecule has 1 aromatic heterocycles. The molecular weight excluding hydrogens is 206 g/mol. The fourth-order valence-corrected chi connectivity index (χ4v) is 1.29. The van der Waals surface area contributed by atoms with Crippen molar-refractivity contribution in [2.75, 3.05) is 0 Å². The number of fused-ring (bicyclic) bond motifs is 1. The monoisotopic (exact) mass is 217 g/mol. The molecule has 0 atom stereocenters. The zero-order valence-corrected chi connectivity index (χ0v) is 8.41. The Morgan fingerprint density at radius 3 is 2.69 bits per heavy atom. The van der Waals surface area contributed by atoms with Crippen LogP contribution in [0.4, 0.5) is 0 Å². The van der Waals surface area contributed by atoms with Gasteiger partial charge in [-0.3, -0.25) is 0 Å². The molecule has 0 aliphatic heterocycles. The third-order valence-corrected chi connectivity index (χ3v) is 1.89. The highest BCUT2D eigenvalue weighted by molar-refractivity contribution is 5.92. The maximum Gasteiger partial charge on any atom is 0.241 e. The lowest BCUT2D eigenvalue weighted by molar-refractivity contribution is 0.900. The highest BCUT2D eigenvalue weighted by Gasteiger charge is 2.00. The summed E-state index contributed by atoms with van der Waals surface area (Å²) < 4.78 is 1.51. The fourth-order valence-electron chi connectivity index (χ4n) is 1.29. The van der Waals surface area contributed by atoms with E-state index >= 15 is 0 Å². The van der Waals surface area contributed by atoms with Gasteiger partial charge in [0.25, 0.3) is 0 Å². The highest BCUT2D eigenvalue weighted by Crippen LogP contribution is 2.10. The standard InChI is InChI=1S/C9H11N7/c10-8(11)14-9(12)15-16-5-13-6-3-1-2-4-7(6)16/h1-5H,(H6,10,11,12,14,15). The third-order valence-electron chi connectivity index (χ3n) is 1.89. The van der Waals surface area contributed by atoms with Crippen molar-refractivity contribution in [3.05, 3.63) is 30.6 Å². The summed E-state index contributed by atoms with van der Waals surface area (Å²) in [4.78, 5) is 7.75. The van der Waals surface area contributed by atoms with Gasteiger partial charge in [-0.1, -0.05) is 12.1 Å². The van der Waals surface area contributed by atoms with E-state index in [1.54, 1.807) is 6.33 Å². The average Bonchev–Trinajstić information content (AvgIpc) is 2.61. The van der Waals surface area contributed by atoms with Gasteiger partial charge in [-0.05, 0) is 12.1 Å². The van der Waals surface area contributed by atoms with Crippen molar-refractivity contribution < 1.29 is 0 Å². The SMILES string of the molecule is NC(N)=NC(N)=Nn1cnc2ccccc21. The lowest BCUT2D eigenvalue weighted by Crippen LogP contribution is -2.26. The summed E-state index contributed by atoms with van der Waals surface area (Å²) in [6, 6.07) is 7.52. The van der Waals surface area contributed by atoms with Crippen LogP contribution in [-0.4, -0.2) is 21.6 Å². The number of nitrogens with zero attached hydrogens (tertiary/aromatic N) is 4. The number of aliphatic imine (C=N–C) groups is 1. The van der Waals surface area contributed by atoms with Gasteiger partial charge in [0, 0.05) is 0 Å². The van der Waals surface area contributed by atoms with Gasteiger partial charge in [-0.15, -0.1) is 5.10 Å². The molecule has 0 radical (unpaired) electrons. The van der Waals surface area contributed by atoms with Crippen LogP contribution in [0, 0.1) is 0 Å². The smallest absolute Gasteiger partial charge is 0.241 e. The van der Waals surface area contributed by atoms with E-state index in [0.29, 0.717) is 0 Å². The second-order valence-corrected chi connectivity index (χ2v) is 3.07. The molecule has 1 aromatic carbocycles. The van der Waals surface area contributed by atoms with Crippen LogP contribution in [0.1, 0.15) is 0 Å². The van der Waals surface area contributed by atoms with Crippen molar-refractivity contribution in [1.29, 1.82) is 0 Å². The molecule has 0 saturated heterocycles. The lowest BCUT2D eigenvalue weighted by Gasteiger charge is -1.96. The van der Waals surface area contributed by atoms with Gasteiger partial charge in [-0.25, -0.2) is 9.66 Å². The Labute approximate surface area is 91.3 Å². The normalized spacial score (nSPS) is 11.6. The molecule has 7 nitrogen and oxygen atoms in total. The Bertz CT molecular complexity index is 562. The van der Waals surface area contributed by atoms with E-state index in [-0.39, 0.29) is 11.9 Å². The van der Waals surface area contributed by atoms with Crippen LogP contribution in [0.5, 0.6) is 0 Å². The van der Waals surface area contributed by atoms with Crippen molar-refractivity contribution in [2.45, 2.75) is 0 Å². The van der Waals surface area contributed by atoms with Gasteiger partial charge in [0.1, 0.15) is 6.33 Å². The summed E-state index contributed by atoms with van der Waals surface area (Å²) in [7, 11) is 0. The van der Waals surface area contributed by atoms with Crippen LogP contribution in [0.15, 0.2) is 40.7 Å². The molecule has 2 rings (SSSR count). The first-order valence-electron chi connectivity index (χ1n) is 4.53. The summed E-state index contributed by atoms with van der Waals surface area (Å²) >= 11 is 0. The molecule has 0 amide bonds. The Kier molecular flexibility index (Phi) is 2.42. The van der Waals surface area contributed by atoms with E-state index in [2.05, 4.69) is 15.1 Å². The number of rotatable bonds is 1.